The van der Waals surface area contributed by atoms with Crippen LogP contribution in [0.25, 0.3) is 0 Å². The van der Waals surface area contributed by atoms with Crippen LogP contribution in [0.3, 0.4) is 0 Å². The Morgan fingerprint density at radius 1 is 0.913 bits per heavy atom. The van der Waals surface area contributed by atoms with Crippen molar-refractivity contribution in [3.8, 4) is 0 Å². The molecule has 1 atom stereocenters. The van der Waals surface area contributed by atoms with Gasteiger partial charge in [0.25, 0.3) is 0 Å². The lowest BCUT2D eigenvalue weighted by atomic mass is 10.1. The van der Waals surface area contributed by atoms with Crippen molar-refractivity contribution < 1.29 is 9.59 Å². The van der Waals surface area contributed by atoms with Crippen molar-refractivity contribution in [2.45, 2.75) is 96.1 Å². The van der Waals surface area contributed by atoms with Crippen LogP contribution in [0.15, 0.2) is 0 Å². The molecule has 4 heteroatoms. The summed E-state index contributed by atoms with van der Waals surface area (Å²) < 4.78 is 0. The number of amides is 2. The quantitative estimate of drug-likeness (QED) is 0.323. The van der Waals surface area contributed by atoms with Gasteiger partial charge in [0.1, 0.15) is 0 Å². The third-order valence-corrected chi connectivity index (χ3v) is 6.18. The summed E-state index contributed by atoms with van der Waals surface area (Å²) in [4.78, 5) is 24.5. The van der Waals surface area contributed by atoms with Crippen molar-refractivity contribution in [1.29, 1.82) is 0 Å². The molecule has 1 saturated heterocycles. The highest BCUT2D eigenvalue weighted by atomic mass is 32.2. The molecule has 23 heavy (non-hydrogen) atoms. The molecule has 1 aliphatic rings. The summed E-state index contributed by atoms with van der Waals surface area (Å²) in [5.41, 5.74) is 0. The Bertz CT molecular complexity index is 330. The van der Waals surface area contributed by atoms with E-state index in [0.29, 0.717) is 19.4 Å². The minimum Gasteiger partial charge on any atom is -0.283 e. The normalized spacial score (nSPS) is 16.3. The fourth-order valence-corrected chi connectivity index (χ4v) is 4.28. The number of unbranched alkanes of at least 4 members (excludes halogenated alkanes) is 6. The molecule has 0 radical (unpaired) electrons. The summed E-state index contributed by atoms with van der Waals surface area (Å²) in [5.74, 6) is 1.11. The summed E-state index contributed by atoms with van der Waals surface area (Å²) in [6.45, 7) is 5.16. The fourth-order valence-electron chi connectivity index (χ4n) is 3.08. The van der Waals surface area contributed by atoms with Gasteiger partial charge in [0.15, 0.2) is 0 Å². The summed E-state index contributed by atoms with van der Waals surface area (Å²) >= 11 is 2.03. The van der Waals surface area contributed by atoms with E-state index < -0.39 is 0 Å². The molecule has 1 unspecified atom stereocenters. The lowest BCUT2D eigenvalue weighted by molar-refractivity contribution is -0.138. The molecule has 0 aromatic rings. The Kier molecular flexibility index (Phi) is 11.5. The highest BCUT2D eigenvalue weighted by Crippen LogP contribution is 2.23. The predicted octanol–water partition coefficient (Wildman–Crippen LogP) is 5.18. The first-order chi connectivity index (χ1) is 11.2. The average molecular weight is 342 g/mol. The van der Waals surface area contributed by atoms with Crippen molar-refractivity contribution in [2.24, 2.45) is 0 Å². The average Bonchev–Trinajstić information content (AvgIpc) is 2.87. The van der Waals surface area contributed by atoms with E-state index in [1.165, 1.54) is 62.7 Å². The van der Waals surface area contributed by atoms with E-state index in [4.69, 9.17) is 0 Å². The van der Waals surface area contributed by atoms with Crippen LogP contribution >= 0.6 is 11.8 Å². The number of nitrogens with zero attached hydrogens (tertiary/aromatic N) is 1. The van der Waals surface area contributed by atoms with E-state index in [9.17, 15) is 9.59 Å². The standard InChI is InChI=1S/C19H35NO2S/c1-3-5-6-7-8-9-10-12-17(4-2)23-16-11-15-20-18(21)13-14-19(20)22/h17H,3-16H2,1-2H3. The number of carbonyl (C=O) groups excluding carboxylic acids is 2. The van der Waals surface area contributed by atoms with Crippen LogP contribution in [0.4, 0.5) is 0 Å². The van der Waals surface area contributed by atoms with Gasteiger partial charge in [-0.1, -0.05) is 58.8 Å². The first-order valence-electron chi connectivity index (χ1n) is 9.63. The minimum atomic E-state index is 0.0233. The molecule has 1 fully saturated rings. The van der Waals surface area contributed by atoms with Crippen molar-refractivity contribution in [2.75, 3.05) is 12.3 Å². The maximum Gasteiger partial charge on any atom is 0.229 e. The maximum absolute atomic E-state index is 11.5. The molecule has 0 bridgehead atoms. The lowest BCUT2D eigenvalue weighted by Crippen LogP contribution is -2.30. The van der Waals surface area contributed by atoms with Crippen LogP contribution in [0.2, 0.25) is 0 Å². The first kappa shape index (κ1) is 20.5. The number of imide groups is 1. The molecule has 0 aromatic carbocycles. The number of hydrogen-bond acceptors (Lipinski definition) is 3. The molecule has 1 aliphatic heterocycles. The van der Waals surface area contributed by atoms with Crippen LogP contribution < -0.4 is 0 Å². The summed E-state index contributed by atoms with van der Waals surface area (Å²) in [5, 5.41) is 0.746. The fraction of sp³-hybridized carbons (Fsp3) is 0.895. The molecule has 1 heterocycles. The molecule has 0 aliphatic carbocycles. The highest BCUT2D eigenvalue weighted by Gasteiger charge is 2.27. The zero-order chi connectivity index (χ0) is 16.9. The highest BCUT2D eigenvalue weighted by molar-refractivity contribution is 7.99. The molecule has 0 spiro atoms. The van der Waals surface area contributed by atoms with E-state index in [2.05, 4.69) is 13.8 Å². The lowest BCUT2D eigenvalue weighted by Gasteiger charge is -2.16. The van der Waals surface area contributed by atoms with E-state index in [0.717, 1.165) is 17.4 Å². The maximum atomic E-state index is 11.5. The van der Waals surface area contributed by atoms with Gasteiger partial charge in [-0.2, -0.15) is 11.8 Å². The Morgan fingerprint density at radius 2 is 1.52 bits per heavy atom. The Balaban J connectivity index is 2.00. The molecule has 1 rings (SSSR count). The first-order valence-corrected chi connectivity index (χ1v) is 10.7. The SMILES string of the molecule is CCCCCCCCCC(CC)SCCCN1C(=O)CCC1=O. The van der Waals surface area contributed by atoms with Crippen LogP contribution in [-0.2, 0) is 9.59 Å². The van der Waals surface area contributed by atoms with Crippen molar-refractivity contribution in [3.05, 3.63) is 0 Å². The van der Waals surface area contributed by atoms with Gasteiger partial charge in [-0.05, 0) is 25.0 Å². The van der Waals surface area contributed by atoms with Crippen LogP contribution in [0.1, 0.15) is 90.9 Å². The Labute approximate surface area is 147 Å². The number of carbonyl (C=O) groups is 2. The molecule has 3 nitrogen and oxygen atoms in total. The summed E-state index contributed by atoms with van der Waals surface area (Å²) in [6, 6.07) is 0. The zero-order valence-electron chi connectivity index (χ0n) is 15.1. The van der Waals surface area contributed by atoms with E-state index in [1.807, 2.05) is 11.8 Å². The van der Waals surface area contributed by atoms with Gasteiger partial charge < -0.3 is 0 Å². The third-order valence-electron chi connectivity index (χ3n) is 4.62. The van der Waals surface area contributed by atoms with Gasteiger partial charge in [0.2, 0.25) is 11.8 Å². The van der Waals surface area contributed by atoms with E-state index >= 15 is 0 Å². The summed E-state index contributed by atoms with van der Waals surface area (Å²) in [6.07, 6.45) is 13.9. The van der Waals surface area contributed by atoms with Crippen molar-refractivity contribution in [1.82, 2.24) is 4.90 Å². The van der Waals surface area contributed by atoms with Gasteiger partial charge >= 0.3 is 0 Å². The van der Waals surface area contributed by atoms with E-state index in [1.54, 1.807) is 0 Å². The number of thioether (sulfide) groups is 1. The number of hydrogen-bond donors (Lipinski definition) is 0. The predicted molar refractivity (Wildman–Crippen MR) is 99.7 cm³/mol. The minimum absolute atomic E-state index is 0.0233. The monoisotopic (exact) mass is 341 g/mol. The van der Waals surface area contributed by atoms with Crippen LogP contribution in [0, 0.1) is 0 Å². The second kappa shape index (κ2) is 12.9. The second-order valence-electron chi connectivity index (χ2n) is 6.60. The Hall–Kier alpha value is -0.510. The molecular weight excluding hydrogens is 306 g/mol. The Morgan fingerprint density at radius 3 is 2.13 bits per heavy atom. The third kappa shape index (κ3) is 8.78. The number of rotatable bonds is 14. The van der Waals surface area contributed by atoms with Gasteiger partial charge in [0, 0.05) is 24.6 Å². The smallest absolute Gasteiger partial charge is 0.229 e. The molecule has 0 N–H and O–H groups in total. The molecule has 2 amide bonds. The van der Waals surface area contributed by atoms with E-state index in [-0.39, 0.29) is 11.8 Å². The topological polar surface area (TPSA) is 37.4 Å². The van der Waals surface area contributed by atoms with Gasteiger partial charge in [-0.3, -0.25) is 14.5 Å². The molecule has 134 valence electrons. The molecule has 0 saturated carbocycles. The molecule has 0 aromatic heterocycles. The zero-order valence-corrected chi connectivity index (χ0v) is 16.0. The van der Waals surface area contributed by atoms with Crippen LogP contribution in [0.5, 0.6) is 0 Å². The van der Waals surface area contributed by atoms with Crippen molar-refractivity contribution >= 4 is 23.6 Å². The second-order valence-corrected chi connectivity index (χ2v) is 8.01. The molecular formula is C19H35NO2S. The largest absolute Gasteiger partial charge is 0.283 e. The van der Waals surface area contributed by atoms with Gasteiger partial charge in [-0.25, -0.2) is 0 Å². The van der Waals surface area contributed by atoms with Gasteiger partial charge in [-0.15, -0.1) is 0 Å². The summed E-state index contributed by atoms with van der Waals surface area (Å²) in [7, 11) is 0. The van der Waals surface area contributed by atoms with Gasteiger partial charge in [0.05, 0.1) is 0 Å². The van der Waals surface area contributed by atoms with Crippen molar-refractivity contribution in [3.63, 3.8) is 0 Å². The van der Waals surface area contributed by atoms with Crippen LogP contribution in [-0.4, -0.2) is 34.3 Å². The number of likely N-dealkylation sites (tertiary alicyclic amines) is 1.